The van der Waals surface area contributed by atoms with Gasteiger partial charge in [0.1, 0.15) is 12.4 Å². The van der Waals surface area contributed by atoms with Crippen molar-refractivity contribution in [1.29, 1.82) is 0 Å². The summed E-state index contributed by atoms with van der Waals surface area (Å²) in [7, 11) is 1.91. The van der Waals surface area contributed by atoms with Crippen molar-refractivity contribution in [3.05, 3.63) is 45.5 Å². The van der Waals surface area contributed by atoms with Gasteiger partial charge in [0, 0.05) is 30.2 Å². The van der Waals surface area contributed by atoms with Crippen LogP contribution >= 0.6 is 23.2 Å². The van der Waals surface area contributed by atoms with Crippen LogP contribution in [0, 0.1) is 6.92 Å². The van der Waals surface area contributed by atoms with Gasteiger partial charge in [0.25, 0.3) is 0 Å². The van der Waals surface area contributed by atoms with Crippen LogP contribution in [-0.2, 0) is 13.6 Å². The van der Waals surface area contributed by atoms with Crippen LogP contribution in [0.2, 0.25) is 10.0 Å². The molecule has 0 aliphatic rings. The van der Waals surface area contributed by atoms with Crippen LogP contribution < -0.4 is 10.6 Å². The molecule has 2 aromatic rings. The fourth-order valence-electron chi connectivity index (χ4n) is 2.38. The second-order valence-electron chi connectivity index (χ2n) is 6.27. The maximum atomic E-state index is 10.4. The third-order valence-electron chi connectivity index (χ3n) is 4.12. The highest BCUT2D eigenvalue weighted by atomic mass is 35.5. The summed E-state index contributed by atoms with van der Waals surface area (Å²) in [6.07, 6.45) is 1.33. The zero-order valence-corrected chi connectivity index (χ0v) is 17.3. The number of hydrogen-bond acceptors (Lipinski definition) is 4. The van der Waals surface area contributed by atoms with Crippen LogP contribution in [-0.4, -0.2) is 38.9 Å². The van der Waals surface area contributed by atoms with Crippen LogP contribution in [0.4, 0.5) is 0 Å². The minimum absolute atomic E-state index is 0.270. The van der Waals surface area contributed by atoms with E-state index in [2.05, 4.69) is 32.7 Å². The average molecular weight is 413 g/mol. The third-order valence-corrected chi connectivity index (χ3v) is 4.55. The fraction of sp³-hybridized carbons (Fsp3) is 0.500. The van der Waals surface area contributed by atoms with Crippen molar-refractivity contribution in [3.63, 3.8) is 0 Å². The average Bonchev–Trinajstić information content (AvgIpc) is 2.94. The summed E-state index contributed by atoms with van der Waals surface area (Å²) in [6, 6.07) is 5.03. The van der Waals surface area contributed by atoms with Crippen LogP contribution in [0.15, 0.2) is 23.2 Å². The summed E-state index contributed by atoms with van der Waals surface area (Å²) in [5, 5.41) is 26.0. The van der Waals surface area contributed by atoms with Gasteiger partial charge in [-0.15, -0.1) is 10.2 Å². The number of aryl methyl sites for hydroxylation is 1. The van der Waals surface area contributed by atoms with E-state index in [9.17, 15) is 5.11 Å². The SMILES string of the molecule is CCCCNC(=NCc1nnc(C)n1C)NCC(O)c1cc(Cl)cc(Cl)c1. The zero-order chi connectivity index (χ0) is 19.8. The van der Waals surface area contributed by atoms with Crippen molar-refractivity contribution in [3.8, 4) is 0 Å². The number of halogens is 2. The summed E-state index contributed by atoms with van der Waals surface area (Å²) >= 11 is 12.0. The molecule has 1 heterocycles. The number of aliphatic imine (C=N–C) groups is 1. The maximum Gasteiger partial charge on any atom is 0.191 e. The van der Waals surface area contributed by atoms with Gasteiger partial charge in [0.2, 0.25) is 0 Å². The van der Waals surface area contributed by atoms with Crippen molar-refractivity contribution < 1.29 is 5.11 Å². The van der Waals surface area contributed by atoms with Gasteiger partial charge in [-0.3, -0.25) is 0 Å². The lowest BCUT2D eigenvalue weighted by atomic mass is 10.1. The van der Waals surface area contributed by atoms with Gasteiger partial charge in [-0.05, 0) is 37.1 Å². The molecule has 0 aliphatic carbocycles. The number of unbranched alkanes of at least 4 members (excludes halogenated alkanes) is 1. The van der Waals surface area contributed by atoms with Crippen molar-refractivity contribution in [2.75, 3.05) is 13.1 Å². The first-order valence-electron chi connectivity index (χ1n) is 8.91. The van der Waals surface area contributed by atoms with E-state index in [0.717, 1.165) is 31.0 Å². The molecule has 1 aromatic carbocycles. The largest absolute Gasteiger partial charge is 0.387 e. The minimum atomic E-state index is -0.767. The molecular weight excluding hydrogens is 387 g/mol. The molecule has 148 valence electrons. The topological polar surface area (TPSA) is 87.4 Å². The Balaban J connectivity index is 2.02. The highest BCUT2D eigenvalue weighted by Gasteiger charge is 2.11. The highest BCUT2D eigenvalue weighted by molar-refractivity contribution is 6.34. The number of nitrogens with zero attached hydrogens (tertiary/aromatic N) is 4. The highest BCUT2D eigenvalue weighted by Crippen LogP contribution is 2.23. The fourth-order valence-corrected chi connectivity index (χ4v) is 2.92. The lowest BCUT2D eigenvalue weighted by Crippen LogP contribution is -2.40. The number of aliphatic hydroxyl groups excluding tert-OH is 1. The number of guanidine groups is 1. The van der Waals surface area contributed by atoms with Crippen molar-refractivity contribution >= 4 is 29.2 Å². The van der Waals surface area contributed by atoms with E-state index in [4.69, 9.17) is 23.2 Å². The number of nitrogens with one attached hydrogen (secondary N) is 2. The van der Waals surface area contributed by atoms with Crippen LogP contribution in [0.1, 0.15) is 43.1 Å². The predicted molar refractivity (Wildman–Crippen MR) is 109 cm³/mol. The molecule has 2 rings (SSSR count). The van der Waals surface area contributed by atoms with Crippen molar-refractivity contribution in [2.24, 2.45) is 12.0 Å². The summed E-state index contributed by atoms with van der Waals surface area (Å²) in [5.74, 6) is 2.21. The molecule has 0 spiro atoms. The second-order valence-corrected chi connectivity index (χ2v) is 7.14. The lowest BCUT2D eigenvalue weighted by molar-refractivity contribution is 0.181. The summed E-state index contributed by atoms with van der Waals surface area (Å²) in [5.41, 5.74) is 0.650. The normalized spacial score (nSPS) is 12.9. The minimum Gasteiger partial charge on any atom is -0.387 e. The first-order valence-corrected chi connectivity index (χ1v) is 9.67. The molecule has 0 radical (unpaired) electrons. The second kappa shape index (κ2) is 10.5. The van der Waals surface area contributed by atoms with Crippen molar-refractivity contribution in [1.82, 2.24) is 25.4 Å². The number of aliphatic hydroxyl groups is 1. The van der Waals surface area contributed by atoms with Gasteiger partial charge >= 0.3 is 0 Å². The quantitative estimate of drug-likeness (QED) is 0.352. The summed E-state index contributed by atoms with van der Waals surface area (Å²) in [6.45, 7) is 5.47. The van der Waals surface area contributed by atoms with Crippen LogP contribution in [0.25, 0.3) is 0 Å². The third kappa shape index (κ3) is 6.68. The van der Waals surface area contributed by atoms with Gasteiger partial charge in [0.15, 0.2) is 11.8 Å². The van der Waals surface area contributed by atoms with E-state index in [1.165, 1.54) is 0 Å². The molecule has 1 aromatic heterocycles. The predicted octanol–water partition coefficient (Wildman–Crippen LogP) is 3.00. The summed E-state index contributed by atoms with van der Waals surface area (Å²) < 4.78 is 1.90. The molecular formula is C18H26Cl2N6O. The van der Waals surface area contributed by atoms with E-state index < -0.39 is 6.10 Å². The molecule has 1 unspecified atom stereocenters. The van der Waals surface area contributed by atoms with Gasteiger partial charge in [-0.2, -0.15) is 0 Å². The molecule has 7 nitrogen and oxygen atoms in total. The zero-order valence-electron chi connectivity index (χ0n) is 15.8. The van der Waals surface area contributed by atoms with E-state index in [1.807, 2.05) is 18.5 Å². The van der Waals surface area contributed by atoms with Crippen LogP contribution in [0.5, 0.6) is 0 Å². The lowest BCUT2D eigenvalue weighted by Gasteiger charge is -2.16. The van der Waals surface area contributed by atoms with Crippen molar-refractivity contribution in [2.45, 2.75) is 39.3 Å². The molecule has 0 aliphatic heterocycles. The standard InChI is InChI=1S/C18H26Cl2N6O/c1-4-5-6-21-18(23-11-17-25-24-12(2)26(17)3)22-10-16(27)13-7-14(19)9-15(20)8-13/h7-9,16,27H,4-6,10-11H2,1-3H3,(H2,21,22,23). The van der Waals surface area contributed by atoms with Gasteiger partial charge < -0.3 is 20.3 Å². The Morgan fingerprint density at radius 2 is 1.93 bits per heavy atom. The molecule has 27 heavy (non-hydrogen) atoms. The number of hydrogen-bond donors (Lipinski definition) is 3. The monoisotopic (exact) mass is 412 g/mol. The summed E-state index contributed by atoms with van der Waals surface area (Å²) in [4.78, 5) is 4.55. The smallest absolute Gasteiger partial charge is 0.191 e. The Kier molecular flexibility index (Phi) is 8.34. The molecule has 0 saturated heterocycles. The van der Waals surface area contributed by atoms with E-state index in [1.54, 1.807) is 18.2 Å². The van der Waals surface area contributed by atoms with Crippen LogP contribution in [0.3, 0.4) is 0 Å². The molecule has 3 N–H and O–H groups in total. The van der Waals surface area contributed by atoms with Gasteiger partial charge in [-0.25, -0.2) is 4.99 Å². The number of benzene rings is 1. The molecule has 0 amide bonds. The Bertz CT molecular complexity index is 757. The molecule has 0 bridgehead atoms. The number of aromatic nitrogens is 3. The molecule has 0 saturated carbocycles. The Morgan fingerprint density at radius 1 is 1.22 bits per heavy atom. The first kappa shape index (κ1) is 21.5. The van der Waals surface area contributed by atoms with E-state index in [0.29, 0.717) is 28.1 Å². The molecule has 0 fully saturated rings. The van der Waals surface area contributed by atoms with Gasteiger partial charge in [-0.1, -0.05) is 36.5 Å². The molecule has 9 heteroatoms. The Labute approximate surface area is 169 Å². The maximum absolute atomic E-state index is 10.4. The van der Waals surface area contributed by atoms with Gasteiger partial charge in [0.05, 0.1) is 6.10 Å². The van der Waals surface area contributed by atoms with E-state index >= 15 is 0 Å². The first-order chi connectivity index (χ1) is 12.9. The Morgan fingerprint density at radius 3 is 2.52 bits per heavy atom. The Hall–Kier alpha value is -1.83. The molecule has 1 atom stereocenters. The van der Waals surface area contributed by atoms with E-state index in [-0.39, 0.29) is 6.54 Å². The number of rotatable bonds is 8.